The minimum absolute atomic E-state index is 0. The van der Waals surface area contributed by atoms with Crippen molar-refractivity contribution >= 4 is 52.4 Å². The number of halogens is 2. The highest BCUT2D eigenvalue weighted by Gasteiger charge is 2.17. The minimum atomic E-state index is 0. The van der Waals surface area contributed by atoms with Gasteiger partial charge in [0.05, 0.1) is 18.7 Å². The first-order chi connectivity index (χ1) is 12.2. The predicted octanol–water partition coefficient (Wildman–Crippen LogP) is 4.59. The topological polar surface area (TPSA) is 50.3 Å². The van der Waals surface area contributed by atoms with Crippen molar-refractivity contribution in [2.75, 3.05) is 36.5 Å². The van der Waals surface area contributed by atoms with E-state index in [0.717, 1.165) is 46.1 Å². The zero-order valence-electron chi connectivity index (χ0n) is 14.4. The maximum Gasteiger partial charge on any atom is 0.229 e. The molecule has 1 aromatic heterocycles. The number of benzene rings is 2. The highest BCUT2D eigenvalue weighted by atomic mass is 35.5. The molecule has 2 heterocycles. The Morgan fingerprint density at radius 3 is 2.62 bits per heavy atom. The van der Waals surface area contributed by atoms with Crippen molar-refractivity contribution in [2.45, 2.75) is 6.92 Å². The molecule has 1 aliphatic rings. The standard InChI is InChI=1S/C19H19ClN4O.ClH/c1-13-6-7-14(12-16(13)20)21-19-22-17-5-3-2-4-15(17)18(23-19)24-8-10-25-11-9-24;/h2-7,12H,8-11H2,1H3,(H,21,22,23);1H. The predicted molar refractivity (Wildman–Crippen MR) is 109 cm³/mol. The normalized spacial score (nSPS) is 14.2. The molecule has 5 nitrogen and oxygen atoms in total. The van der Waals surface area contributed by atoms with Gasteiger partial charge in [0.15, 0.2) is 0 Å². The molecule has 0 spiro atoms. The fourth-order valence-corrected chi connectivity index (χ4v) is 3.11. The summed E-state index contributed by atoms with van der Waals surface area (Å²) in [5, 5.41) is 5.05. The second-order valence-corrected chi connectivity index (χ2v) is 6.48. The van der Waals surface area contributed by atoms with Gasteiger partial charge in [0, 0.05) is 29.2 Å². The second-order valence-electron chi connectivity index (χ2n) is 6.08. The van der Waals surface area contributed by atoms with E-state index in [0.29, 0.717) is 19.2 Å². The molecule has 0 aliphatic carbocycles. The quantitative estimate of drug-likeness (QED) is 0.708. The fraction of sp³-hybridized carbons (Fsp3) is 0.263. The van der Waals surface area contributed by atoms with Crippen LogP contribution in [0.15, 0.2) is 42.5 Å². The number of nitrogens with one attached hydrogen (secondary N) is 1. The molecule has 0 saturated carbocycles. The van der Waals surface area contributed by atoms with E-state index in [1.54, 1.807) is 0 Å². The second kappa shape index (κ2) is 8.08. The zero-order valence-corrected chi connectivity index (χ0v) is 16.0. The van der Waals surface area contributed by atoms with E-state index < -0.39 is 0 Å². The summed E-state index contributed by atoms with van der Waals surface area (Å²) in [6.07, 6.45) is 0. The summed E-state index contributed by atoms with van der Waals surface area (Å²) < 4.78 is 5.47. The van der Waals surface area contributed by atoms with Crippen LogP contribution < -0.4 is 10.2 Å². The van der Waals surface area contributed by atoms with Gasteiger partial charge < -0.3 is 15.0 Å². The molecule has 0 unspecified atom stereocenters. The number of rotatable bonds is 3. The van der Waals surface area contributed by atoms with Crippen LogP contribution in [0, 0.1) is 6.92 Å². The van der Waals surface area contributed by atoms with Gasteiger partial charge in [0.2, 0.25) is 5.95 Å². The molecule has 0 radical (unpaired) electrons. The van der Waals surface area contributed by atoms with Gasteiger partial charge in [0.25, 0.3) is 0 Å². The number of ether oxygens (including phenoxy) is 1. The lowest BCUT2D eigenvalue weighted by Gasteiger charge is -2.29. The molecule has 0 bridgehead atoms. The van der Waals surface area contributed by atoms with E-state index in [2.05, 4.69) is 21.3 Å². The lowest BCUT2D eigenvalue weighted by molar-refractivity contribution is 0.122. The van der Waals surface area contributed by atoms with Crippen LogP contribution in [0.3, 0.4) is 0 Å². The molecule has 26 heavy (non-hydrogen) atoms. The molecule has 4 rings (SSSR count). The summed E-state index contributed by atoms with van der Waals surface area (Å²) in [7, 11) is 0. The van der Waals surface area contributed by atoms with Gasteiger partial charge in [-0.2, -0.15) is 4.98 Å². The van der Waals surface area contributed by atoms with E-state index in [-0.39, 0.29) is 12.4 Å². The third-order valence-corrected chi connectivity index (χ3v) is 4.73. The van der Waals surface area contributed by atoms with Crippen molar-refractivity contribution in [3.63, 3.8) is 0 Å². The molecule has 1 aliphatic heterocycles. The molecule has 2 aromatic carbocycles. The van der Waals surface area contributed by atoms with Crippen LogP contribution in [-0.4, -0.2) is 36.3 Å². The van der Waals surface area contributed by atoms with Gasteiger partial charge in [0.1, 0.15) is 5.82 Å². The van der Waals surface area contributed by atoms with Gasteiger partial charge in [-0.15, -0.1) is 12.4 Å². The molecule has 1 saturated heterocycles. The Labute approximate surface area is 163 Å². The van der Waals surface area contributed by atoms with Crippen molar-refractivity contribution in [1.82, 2.24) is 9.97 Å². The lowest BCUT2D eigenvalue weighted by Crippen LogP contribution is -2.37. The van der Waals surface area contributed by atoms with Gasteiger partial charge in [-0.1, -0.05) is 29.8 Å². The van der Waals surface area contributed by atoms with Crippen LogP contribution in [0.4, 0.5) is 17.5 Å². The molecule has 3 aromatic rings. The maximum absolute atomic E-state index is 6.23. The first-order valence-electron chi connectivity index (χ1n) is 8.33. The third-order valence-electron chi connectivity index (χ3n) is 4.32. The minimum Gasteiger partial charge on any atom is -0.378 e. The van der Waals surface area contributed by atoms with Gasteiger partial charge in [-0.05, 0) is 36.8 Å². The van der Waals surface area contributed by atoms with Crippen LogP contribution in [0.1, 0.15) is 5.56 Å². The largest absolute Gasteiger partial charge is 0.378 e. The summed E-state index contributed by atoms with van der Waals surface area (Å²) >= 11 is 6.23. The summed E-state index contributed by atoms with van der Waals surface area (Å²) in [5.41, 5.74) is 2.83. The highest BCUT2D eigenvalue weighted by Crippen LogP contribution is 2.28. The lowest BCUT2D eigenvalue weighted by atomic mass is 10.2. The molecular formula is C19H20Cl2N4O. The molecular weight excluding hydrogens is 371 g/mol. The number of aryl methyl sites for hydroxylation is 1. The van der Waals surface area contributed by atoms with Gasteiger partial charge in [-0.25, -0.2) is 4.98 Å². The number of para-hydroxylation sites is 1. The van der Waals surface area contributed by atoms with Crippen molar-refractivity contribution in [3.8, 4) is 0 Å². The molecule has 136 valence electrons. The Kier molecular flexibility index (Phi) is 5.81. The number of nitrogens with zero attached hydrogens (tertiary/aromatic N) is 3. The Bertz CT molecular complexity index is 913. The van der Waals surface area contributed by atoms with E-state index in [1.165, 1.54) is 0 Å². The Morgan fingerprint density at radius 2 is 1.85 bits per heavy atom. The number of hydrogen-bond donors (Lipinski definition) is 1. The summed E-state index contributed by atoms with van der Waals surface area (Å²) in [6.45, 7) is 5.08. The summed E-state index contributed by atoms with van der Waals surface area (Å²) in [5.74, 6) is 1.51. The van der Waals surface area contributed by atoms with Crippen LogP contribution in [0.2, 0.25) is 5.02 Å². The number of morpholine rings is 1. The summed E-state index contributed by atoms with van der Waals surface area (Å²) in [4.78, 5) is 11.7. The number of fused-ring (bicyclic) bond motifs is 1. The molecule has 1 fully saturated rings. The average molecular weight is 391 g/mol. The Morgan fingerprint density at radius 1 is 1.08 bits per heavy atom. The fourth-order valence-electron chi connectivity index (χ4n) is 2.93. The van der Waals surface area contributed by atoms with E-state index in [9.17, 15) is 0 Å². The van der Waals surface area contributed by atoms with Crippen LogP contribution in [0.25, 0.3) is 10.9 Å². The van der Waals surface area contributed by atoms with Crippen molar-refractivity contribution < 1.29 is 4.74 Å². The van der Waals surface area contributed by atoms with E-state index >= 15 is 0 Å². The Hall–Kier alpha value is -2.08. The van der Waals surface area contributed by atoms with Crippen molar-refractivity contribution in [2.24, 2.45) is 0 Å². The average Bonchev–Trinajstić information content (AvgIpc) is 2.65. The molecule has 7 heteroatoms. The molecule has 0 atom stereocenters. The van der Waals surface area contributed by atoms with Crippen LogP contribution in [0.5, 0.6) is 0 Å². The number of aromatic nitrogens is 2. The Balaban J connectivity index is 0.00000196. The number of hydrogen-bond acceptors (Lipinski definition) is 5. The zero-order chi connectivity index (χ0) is 17.2. The van der Waals surface area contributed by atoms with E-state index in [4.69, 9.17) is 21.3 Å². The SMILES string of the molecule is Cc1ccc(Nc2nc(N3CCOCC3)c3ccccc3n2)cc1Cl.Cl. The maximum atomic E-state index is 6.23. The number of anilines is 3. The monoisotopic (exact) mass is 390 g/mol. The van der Waals surface area contributed by atoms with Gasteiger partial charge >= 0.3 is 0 Å². The van der Waals surface area contributed by atoms with Crippen LogP contribution in [-0.2, 0) is 4.74 Å². The van der Waals surface area contributed by atoms with Crippen molar-refractivity contribution in [3.05, 3.63) is 53.1 Å². The van der Waals surface area contributed by atoms with Crippen molar-refractivity contribution in [1.29, 1.82) is 0 Å². The molecule has 0 amide bonds. The van der Waals surface area contributed by atoms with E-state index in [1.807, 2.05) is 43.3 Å². The first kappa shape index (κ1) is 18.7. The first-order valence-corrected chi connectivity index (χ1v) is 8.71. The molecule has 1 N–H and O–H groups in total. The highest BCUT2D eigenvalue weighted by molar-refractivity contribution is 6.31. The smallest absolute Gasteiger partial charge is 0.229 e. The van der Waals surface area contributed by atoms with Crippen LogP contribution >= 0.6 is 24.0 Å². The van der Waals surface area contributed by atoms with Gasteiger partial charge in [-0.3, -0.25) is 0 Å². The summed E-state index contributed by atoms with van der Waals surface area (Å²) in [6, 6.07) is 13.9. The third kappa shape index (κ3) is 3.85.